The standard InChI is InChI=1S/C23H18Cl3NO4/c24-18-5-2-1-4-16(18)22(29)27(13-17-19(25)6-3-7-20(17)26)21(23(30)31)12-14-8-10-15(28)11-9-14/h1-11,21,28H,12-13H2,(H,30,31)/t21-/m0/s1. The van der Waals surface area contributed by atoms with Gasteiger partial charge in [-0.05, 0) is 42.0 Å². The molecule has 160 valence electrons. The molecule has 0 aliphatic carbocycles. The molecule has 3 aromatic carbocycles. The normalized spacial score (nSPS) is 11.7. The Kier molecular flexibility index (Phi) is 7.44. The number of halogens is 3. The zero-order valence-corrected chi connectivity index (χ0v) is 18.4. The number of hydrogen-bond acceptors (Lipinski definition) is 3. The van der Waals surface area contributed by atoms with Gasteiger partial charge in [0.25, 0.3) is 5.91 Å². The summed E-state index contributed by atoms with van der Waals surface area (Å²) in [6.45, 7) is -0.127. The van der Waals surface area contributed by atoms with E-state index < -0.39 is 17.9 Å². The first-order valence-corrected chi connectivity index (χ1v) is 10.4. The van der Waals surface area contributed by atoms with Gasteiger partial charge in [-0.2, -0.15) is 0 Å². The fraction of sp³-hybridized carbons (Fsp3) is 0.130. The van der Waals surface area contributed by atoms with Gasteiger partial charge in [-0.3, -0.25) is 4.79 Å². The van der Waals surface area contributed by atoms with E-state index in [0.717, 1.165) is 0 Å². The third kappa shape index (κ3) is 5.50. The van der Waals surface area contributed by atoms with E-state index in [0.29, 0.717) is 21.2 Å². The summed E-state index contributed by atoms with van der Waals surface area (Å²) < 4.78 is 0. The molecule has 0 fully saturated rings. The van der Waals surface area contributed by atoms with Crippen LogP contribution in [0, 0.1) is 0 Å². The number of phenolic OH excluding ortho intramolecular Hbond substituents is 1. The predicted molar refractivity (Wildman–Crippen MR) is 121 cm³/mol. The van der Waals surface area contributed by atoms with Crippen LogP contribution in [-0.4, -0.2) is 33.0 Å². The summed E-state index contributed by atoms with van der Waals surface area (Å²) >= 11 is 18.8. The van der Waals surface area contributed by atoms with Gasteiger partial charge in [0.05, 0.1) is 10.6 Å². The van der Waals surface area contributed by atoms with Crippen LogP contribution in [0.15, 0.2) is 66.7 Å². The second-order valence-corrected chi connectivity index (χ2v) is 8.06. The number of phenols is 1. The molecule has 2 N–H and O–H groups in total. The first kappa shape index (κ1) is 22.9. The lowest BCUT2D eigenvalue weighted by Gasteiger charge is -2.30. The maximum absolute atomic E-state index is 13.4. The van der Waals surface area contributed by atoms with E-state index in [4.69, 9.17) is 34.8 Å². The van der Waals surface area contributed by atoms with Gasteiger partial charge in [-0.1, -0.05) is 65.1 Å². The molecule has 3 aromatic rings. The van der Waals surface area contributed by atoms with E-state index in [2.05, 4.69) is 0 Å². The fourth-order valence-corrected chi connectivity index (χ4v) is 3.89. The first-order chi connectivity index (χ1) is 14.8. The second-order valence-electron chi connectivity index (χ2n) is 6.84. The molecule has 0 aliphatic heterocycles. The Hall–Kier alpha value is -2.73. The molecule has 5 nitrogen and oxygen atoms in total. The first-order valence-electron chi connectivity index (χ1n) is 9.27. The Morgan fingerprint density at radius 2 is 1.42 bits per heavy atom. The molecule has 0 radical (unpaired) electrons. The van der Waals surface area contributed by atoms with Crippen molar-refractivity contribution >= 4 is 46.7 Å². The third-order valence-corrected chi connectivity index (χ3v) is 5.82. The molecule has 0 aliphatic rings. The molecule has 0 unspecified atom stereocenters. The van der Waals surface area contributed by atoms with Crippen molar-refractivity contribution in [2.24, 2.45) is 0 Å². The van der Waals surface area contributed by atoms with Crippen molar-refractivity contribution in [3.63, 3.8) is 0 Å². The average Bonchev–Trinajstić information content (AvgIpc) is 2.73. The van der Waals surface area contributed by atoms with Gasteiger partial charge in [0.2, 0.25) is 0 Å². The van der Waals surface area contributed by atoms with E-state index in [-0.39, 0.29) is 29.3 Å². The minimum Gasteiger partial charge on any atom is -0.508 e. The summed E-state index contributed by atoms with van der Waals surface area (Å²) in [4.78, 5) is 26.9. The summed E-state index contributed by atoms with van der Waals surface area (Å²) in [5, 5.41) is 20.3. The smallest absolute Gasteiger partial charge is 0.326 e. The van der Waals surface area contributed by atoms with Crippen LogP contribution >= 0.6 is 34.8 Å². The van der Waals surface area contributed by atoms with Crippen molar-refractivity contribution in [1.82, 2.24) is 4.90 Å². The summed E-state index contributed by atoms with van der Waals surface area (Å²) in [5.74, 6) is -1.70. The molecule has 8 heteroatoms. The number of aliphatic carboxylic acids is 1. The van der Waals surface area contributed by atoms with Gasteiger partial charge < -0.3 is 15.1 Å². The van der Waals surface area contributed by atoms with E-state index in [1.807, 2.05) is 0 Å². The average molecular weight is 479 g/mol. The Balaban J connectivity index is 2.05. The van der Waals surface area contributed by atoms with Crippen LogP contribution in [0.3, 0.4) is 0 Å². The van der Waals surface area contributed by atoms with Gasteiger partial charge in [-0.25, -0.2) is 4.79 Å². The van der Waals surface area contributed by atoms with E-state index in [1.165, 1.54) is 23.1 Å². The van der Waals surface area contributed by atoms with E-state index >= 15 is 0 Å². The highest BCUT2D eigenvalue weighted by Crippen LogP contribution is 2.29. The monoisotopic (exact) mass is 477 g/mol. The SMILES string of the molecule is O=C(O)[C@H](Cc1ccc(O)cc1)N(Cc1c(Cl)cccc1Cl)C(=O)c1ccccc1Cl. The zero-order chi connectivity index (χ0) is 22.5. The molecule has 0 heterocycles. The lowest BCUT2D eigenvalue weighted by Crippen LogP contribution is -2.46. The number of amides is 1. The lowest BCUT2D eigenvalue weighted by molar-refractivity contribution is -0.142. The minimum atomic E-state index is -1.24. The number of rotatable bonds is 7. The van der Waals surface area contributed by atoms with Gasteiger partial charge in [0.15, 0.2) is 0 Å². The fourth-order valence-electron chi connectivity index (χ4n) is 3.15. The van der Waals surface area contributed by atoms with Crippen LogP contribution < -0.4 is 0 Å². The van der Waals surface area contributed by atoms with Crippen LogP contribution in [0.25, 0.3) is 0 Å². The van der Waals surface area contributed by atoms with Crippen LogP contribution in [0.1, 0.15) is 21.5 Å². The van der Waals surface area contributed by atoms with Crippen molar-refractivity contribution < 1.29 is 19.8 Å². The molecular weight excluding hydrogens is 461 g/mol. The Morgan fingerprint density at radius 1 is 0.839 bits per heavy atom. The molecule has 0 saturated heterocycles. The van der Waals surface area contributed by atoms with E-state index in [1.54, 1.807) is 48.5 Å². The highest BCUT2D eigenvalue weighted by molar-refractivity contribution is 6.36. The molecular formula is C23H18Cl3NO4. The molecule has 0 spiro atoms. The summed E-state index contributed by atoms with van der Waals surface area (Å²) in [6, 6.07) is 16.2. The lowest BCUT2D eigenvalue weighted by atomic mass is 10.0. The van der Waals surface area contributed by atoms with Crippen LogP contribution in [0.5, 0.6) is 5.75 Å². The van der Waals surface area contributed by atoms with Crippen molar-refractivity contribution in [1.29, 1.82) is 0 Å². The summed E-state index contributed by atoms with van der Waals surface area (Å²) in [7, 11) is 0. The van der Waals surface area contributed by atoms with Crippen molar-refractivity contribution in [3.8, 4) is 5.75 Å². The topological polar surface area (TPSA) is 77.8 Å². The van der Waals surface area contributed by atoms with Crippen molar-refractivity contribution in [2.45, 2.75) is 19.0 Å². The number of carbonyl (C=O) groups is 2. The molecule has 0 saturated carbocycles. The highest BCUT2D eigenvalue weighted by Gasteiger charge is 2.32. The zero-order valence-electron chi connectivity index (χ0n) is 16.1. The van der Waals surface area contributed by atoms with Gasteiger partial charge >= 0.3 is 5.97 Å². The molecule has 0 aromatic heterocycles. The molecule has 0 bridgehead atoms. The van der Waals surface area contributed by atoms with Gasteiger partial charge in [0, 0.05) is 28.6 Å². The third-order valence-electron chi connectivity index (χ3n) is 4.78. The molecule has 1 atom stereocenters. The number of aromatic hydroxyl groups is 1. The molecule has 1 amide bonds. The maximum Gasteiger partial charge on any atom is 0.326 e. The number of benzene rings is 3. The second kappa shape index (κ2) is 10.1. The maximum atomic E-state index is 13.4. The van der Waals surface area contributed by atoms with Crippen LogP contribution in [-0.2, 0) is 17.8 Å². The summed E-state index contributed by atoms with van der Waals surface area (Å²) in [6.07, 6.45) is 0.00782. The largest absolute Gasteiger partial charge is 0.508 e. The Labute approximate surface area is 194 Å². The number of carboxylic acids is 1. The minimum absolute atomic E-state index is 0.00782. The van der Waals surface area contributed by atoms with E-state index in [9.17, 15) is 19.8 Å². The molecule has 3 rings (SSSR count). The van der Waals surface area contributed by atoms with Gasteiger partial charge in [0.1, 0.15) is 11.8 Å². The Bertz CT molecular complexity index is 1080. The summed E-state index contributed by atoms with van der Waals surface area (Å²) in [5.41, 5.74) is 1.24. The van der Waals surface area contributed by atoms with Crippen LogP contribution in [0.2, 0.25) is 15.1 Å². The molecule has 31 heavy (non-hydrogen) atoms. The van der Waals surface area contributed by atoms with Crippen molar-refractivity contribution in [2.75, 3.05) is 0 Å². The highest BCUT2D eigenvalue weighted by atomic mass is 35.5. The predicted octanol–water partition coefficient (Wildman–Crippen LogP) is 5.69. The van der Waals surface area contributed by atoms with Crippen LogP contribution in [0.4, 0.5) is 0 Å². The van der Waals surface area contributed by atoms with Crippen molar-refractivity contribution in [3.05, 3.63) is 98.5 Å². The Morgan fingerprint density at radius 3 is 2.00 bits per heavy atom. The number of nitrogens with zero attached hydrogens (tertiary/aromatic N) is 1. The number of hydrogen-bond donors (Lipinski definition) is 2. The number of carboxylic acid groups (broad SMARTS) is 1. The van der Waals surface area contributed by atoms with Gasteiger partial charge in [-0.15, -0.1) is 0 Å². The quantitative estimate of drug-likeness (QED) is 0.457. The number of carbonyl (C=O) groups excluding carboxylic acids is 1.